The Morgan fingerprint density at radius 1 is 1.55 bits per heavy atom. The smallest absolute Gasteiger partial charge is 0.0508 e. The fraction of sp³-hybridized carbons (Fsp3) is 0.333. The van der Waals surface area contributed by atoms with Crippen LogP contribution in [0, 0.1) is 0 Å². The first-order valence-corrected chi connectivity index (χ1v) is 4.33. The Labute approximate surface area is 72.0 Å². The van der Waals surface area contributed by atoms with E-state index < -0.39 is 0 Å². The van der Waals surface area contributed by atoms with Gasteiger partial charge in [0.05, 0.1) is 7.11 Å². The van der Waals surface area contributed by atoms with Crippen LogP contribution in [0.25, 0.3) is 0 Å². The molecule has 0 aromatic carbocycles. The van der Waals surface area contributed by atoms with E-state index in [1.165, 1.54) is 22.5 Å². The van der Waals surface area contributed by atoms with Gasteiger partial charge in [0.2, 0.25) is 0 Å². The summed E-state index contributed by atoms with van der Waals surface area (Å²) in [7, 11) is 1.69. The van der Waals surface area contributed by atoms with E-state index in [0.29, 0.717) is 0 Å². The minimum atomic E-state index is 1.000. The van der Waals surface area contributed by atoms with Crippen molar-refractivity contribution < 1.29 is 4.18 Å². The van der Waals surface area contributed by atoms with Gasteiger partial charge in [-0.05, 0) is 18.9 Å². The van der Waals surface area contributed by atoms with Crippen molar-refractivity contribution in [2.75, 3.05) is 7.11 Å². The van der Waals surface area contributed by atoms with Crippen LogP contribution in [0.3, 0.4) is 0 Å². The summed E-state index contributed by atoms with van der Waals surface area (Å²) in [6.07, 6.45) is 9.48. The van der Waals surface area contributed by atoms with Gasteiger partial charge in [-0.25, -0.2) is 0 Å². The molecular formula is C9H12OS. The lowest BCUT2D eigenvalue weighted by Gasteiger charge is -2.02. The maximum absolute atomic E-state index is 4.99. The van der Waals surface area contributed by atoms with E-state index in [1.54, 1.807) is 7.11 Å². The largest absolute Gasteiger partial charge is 0.314 e. The van der Waals surface area contributed by atoms with Crippen molar-refractivity contribution >= 4 is 12.0 Å². The Hall–Kier alpha value is -0.470. The van der Waals surface area contributed by atoms with Gasteiger partial charge in [0.15, 0.2) is 0 Å². The average Bonchev–Trinajstić information content (AvgIpc) is 2.18. The van der Waals surface area contributed by atoms with E-state index in [1.807, 2.05) is 0 Å². The number of allylic oxidation sites excluding steroid dienone is 5. The molecule has 0 unspecified atom stereocenters. The van der Waals surface area contributed by atoms with Gasteiger partial charge >= 0.3 is 0 Å². The molecule has 0 fully saturated rings. The van der Waals surface area contributed by atoms with E-state index in [0.717, 1.165) is 6.42 Å². The molecule has 0 radical (unpaired) electrons. The molecular weight excluding hydrogens is 156 g/mol. The van der Waals surface area contributed by atoms with E-state index >= 15 is 0 Å². The average molecular weight is 168 g/mol. The SMILES string of the molecule is COSC1=CCC=CC=C1C. The molecule has 0 N–H and O–H groups in total. The molecule has 1 aliphatic rings. The van der Waals surface area contributed by atoms with Gasteiger partial charge in [-0.1, -0.05) is 24.3 Å². The predicted octanol–water partition coefficient (Wildman–Crippen LogP) is 3.07. The molecule has 1 rings (SSSR count). The molecule has 0 atom stereocenters. The number of hydrogen-bond acceptors (Lipinski definition) is 2. The highest BCUT2D eigenvalue weighted by molar-refractivity contribution is 7.98. The zero-order valence-corrected chi connectivity index (χ0v) is 7.65. The normalized spacial score (nSPS) is 17.3. The number of hydrogen-bond donors (Lipinski definition) is 0. The van der Waals surface area contributed by atoms with Crippen LogP contribution in [0.2, 0.25) is 0 Å². The van der Waals surface area contributed by atoms with Crippen LogP contribution in [0.4, 0.5) is 0 Å². The Bertz CT molecular complexity index is 214. The van der Waals surface area contributed by atoms with Crippen molar-refractivity contribution in [3.8, 4) is 0 Å². The van der Waals surface area contributed by atoms with Crippen molar-refractivity contribution in [1.82, 2.24) is 0 Å². The van der Waals surface area contributed by atoms with Crippen LogP contribution in [0.15, 0.2) is 34.8 Å². The van der Waals surface area contributed by atoms with Gasteiger partial charge in [-0.3, -0.25) is 0 Å². The van der Waals surface area contributed by atoms with Gasteiger partial charge < -0.3 is 4.18 Å². The Morgan fingerprint density at radius 2 is 2.36 bits per heavy atom. The van der Waals surface area contributed by atoms with Gasteiger partial charge in [-0.2, -0.15) is 0 Å². The van der Waals surface area contributed by atoms with Crippen molar-refractivity contribution in [3.05, 3.63) is 34.8 Å². The summed E-state index contributed by atoms with van der Waals surface area (Å²) in [6, 6.07) is 0. The second-order valence-electron chi connectivity index (χ2n) is 2.33. The summed E-state index contributed by atoms with van der Waals surface area (Å²) in [5, 5.41) is 0. The van der Waals surface area contributed by atoms with Crippen LogP contribution >= 0.6 is 12.0 Å². The molecule has 1 nitrogen and oxygen atoms in total. The molecule has 2 heteroatoms. The van der Waals surface area contributed by atoms with E-state index in [2.05, 4.69) is 31.2 Å². The van der Waals surface area contributed by atoms with Crippen molar-refractivity contribution in [3.63, 3.8) is 0 Å². The van der Waals surface area contributed by atoms with Crippen molar-refractivity contribution in [2.24, 2.45) is 0 Å². The fourth-order valence-electron chi connectivity index (χ4n) is 0.899. The van der Waals surface area contributed by atoms with Crippen LogP contribution in [0.1, 0.15) is 13.3 Å². The lowest BCUT2D eigenvalue weighted by Crippen LogP contribution is -1.79. The van der Waals surface area contributed by atoms with Gasteiger partial charge in [0.1, 0.15) is 0 Å². The van der Waals surface area contributed by atoms with Gasteiger partial charge in [0, 0.05) is 16.9 Å². The third-order valence-electron chi connectivity index (χ3n) is 1.48. The molecule has 0 spiro atoms. The van der Waals surface area contributed by atoms with Crippen molar-refractivity contribution in [1.29, 1.82) is 0 Å². The molecule has 0 aromatic heterocycles. The number of rotatable bonds is 2. The molecule has 0 saturated carbocycles. The summed E-state index contributed by atoms with van der Waals surface area (Å²) >= 11 is 1.43. The second kappa shape index (κ2) is 4.42. The van der Waals surface area contributed by atoms with Gasteiger partial charge in [0.25, 0.3) is 0 Å². The highest BCUT2D eigenvalue weighted by Gasteiger charge is 2.00. The van der Waals surface area contributed by atoms with Crippen molar-refractivity contribution in [2.45, 2.75) is 13.3 Å². The first-order valence-electron chi connectivity index (χ1n) is 3.59. The maximum Gasteiger partial charge on any atom is 0.0508 e. The fourth-order valence-corrected chi connectivity index (χ4v) is 1.44. The highest BCUT2D eigenvalue weighted by Crippen LogP contribution is 2.25. The summed E-state index contributed by atoms with van der Waals surface area (Å²) in [5.41, 5.74) is 1.27. The Morgan fingerprint density at radius 3 is 3.09 bits per heavy atom. The Kier molecular flexibility index (Phi) is 3.46. The Balaban J connectivity index is 2.69. The molecule has 0 heterocycles. The molecule has 0 bridgehead atoms. The van der Waals surface area contributed by atoms with E-state index in [9.17, 15) is 0 Å². The van der Waals surface area contributed by atoms with Crippen LogP contribution in [0.5, 0.6) is 0 Å². The van der Waals surface area contributed by atoms with Gasteiger partial charge in [-0.15, -0.1) is 0 Å². The maximum atomic E-state index is 4.99. The molecule has 60 valence electrons. The minimum absolute atomic E-state index is 1.000. The lowest BCUT2D eigenvalue weighted by atomic mass is 10.3. The molecule has 0 aromatic rings. The minimum Gasteiger partial charge on any atom is -0.314 e. The summed E-state index contributed by atoms with van der Waals surface area (Å²) < 4.78 is 4.99. The van der Waals surface area contributed by atoms with Crippen LogP contribution in [-0.2, 0) is 4.18 Å². The molecule has 0 aliphatic heterocycles. The molecule has 0 saturated heterocycles. The van der Waals surface area contributed by atoms with Crippen LogP contribution in [-0.4, -0.2) is 7.11 Å². The van der Waals surface area contributed by atoms with E-state index in [4.69, 9.17) is 4.18 Å². The zero-order chi connectivity index (χ0) is 8.10. The predicted molar refractivity (Wildman–Crippen MR) is 50.2 cm³/mol. The monoisotopic (exact) mass is 168 g/mol. The quantitative estimate of drug-likeness (QED) is 0.586. The highest BCUT2D eigenvalue weighted by atomic mass is 32.2. The standard InChI is InChI=1S/C9H12OS/c1-8-6-4-3-5-7-9(8)11-10-2/h3-4,6-7H,5H2,1-2H3. The zero-order valence-electron chi connectivity index (χ0n) is 6.83. The first-order chi connectivity index (χ1) is 5.34. The second-order valence-corrected chi connectivity index (χ2v) is 3.27. The third-order valence-corrected chi connectivity index (χ3v) is 2.32. The summed E-state index contributed by atoms with van der Waals surface area (Å²) in [6.45, 7) is 2.09. The lowest BCUT2D eigenvalue weighted by molar-refractivity contribution is 0.493. The molecule has 1 aliphatic carbocycles. The summed E-state index contributed by atoms with van der Waals surface area (Å²) in [4.78, 5) is 1.22. The van der Waals surface area contributed by atoms with E-state index in [-0.39, 0.29) is 0 Å². The molecule has 0 amide bonds. The first kappa shape index (κ1) is 8.62. The summed E-state index contributed by atoms with van der Waals surface area (Å²) in [5.74, 6) is 0. The third kappa shape index (κ3) is 2.56. The van der Waals surface area contributed by atoms with Crippen LogP contribution < -0.4 is 0 Å². The topological polar surface area (TPSA) is 9.23 Å². The molecule has 11 heavy (non-hydrogen) atoms.